The Balaban J connectivity index is 2.35. The first-order valence-electron chi connectivity index (χ1n) is 7.92. The van der Waals surface area contributed by atoms with Crippen LogP contribution in [0.1, 0.15) is 63.1 Å². The van der Waals surface area contributed by atoms with E-state index in [1.54, 1.807) is 6.07 Å². The largest absolute Gasteiger partial charge is 0.313 e. The average molecular weight is 277 g/mol. The fourth-order valence-electron chi connectivity index (χ4n) is 4.18. The van der Waals surface area contributed by atoms with Gasteiger partial charge < -0.3 is 5.32 Å². The Morgan fingerprint density at radius 3 is 2.40 bits per heavy atom. The van der Waals surface area contributed by atoms with Crippen molar-refractivity contribution < 1.29 is 4.39 Å². The van der Waals surface area contributed by atoms with Gasteiger partial charge in [0.05, 0.1) is 0 Å². The van der Waals surface area contributed by atoms with Gasteiger partial charge in [-0.1, -0.05) is 38.8 Å². The van der Waals surface area contributed by atoms with Gasteiger partial charge in [-0.25, -0.2) is 4.39 Å². The molecule has 1 fully saturated rings. The highest BCUT2D eigenvalue weighted by Gasteiger charge is 2.41. The van der Waals surface area contributed by atoms with E-state index in [0.717, 1.165) is 5.56 Å². The molecule has 1 aromatic rings. The van der Waals surface area contributed by atoms with Crippen LogP contribution in [0.5, 0.6) is 0 Å². The second kappa shape index (κ2) is 6.26. The maximum atomic E-state index is 13.5. The normalized spacial score (nSPS) is 19.5. The van der Waals surface area contributed by atoms with Gasteiger partial charge in [-0.2, -0.15) is 0 Å². The summed E-state index contributed by atoms with van der Waals surface area (Å²) in [6, 6.07) is 5.94. The minimum atomic E-state index is -0.104. The van der Waals surface area contributed by atoms with Gasteiger partial charge in [0.2, 0.25) is 0 Å². The van der Waals surface area contributed by atoms with Gasteiger partial charge in [0.25, 0.3) is 0 Å². The molecular formula is C18H28FN. The molecular weight excluding hydrogens is 249 g/mol. The maximum absolute atomic E-state index is 13.5. The van der Waals surface area contributed by atoms with E-state index in [9.17, 15) is 4.39 Å². The number of halogens is 1. The summed E-state index contributed by atoms with van der Waals surface area (Å²) in [7, 11) is 2.05. The van der Waals surface area contributed by atoms with Crippen molar-refractivity contribution >= 4 is 0 Å². The smallest absolute Gasteiger partial charge is 0.126 e. The van der Waals surface area contributed by atoms with Crippen LogP contribution in [0.2, 0.25) is 0 Å². The monoisotopic (exact) mass is 277 g/mol. The first-order chi connectivity index (χ1) is 9.48. The van der Waals surface area contributed by atoms with Crippen LogP contribution in [0.25, 0.3) is 0 Å². The first kappa shape index (κ1) is 15.5. The first-order valence-corrected chi connectivity index (χ1v) is 7.92. The van der Waals surface area contributed by atoms with Crippen molar-refractivity contribution in [2.75, 3.05) is 7.05 Å². The average Bonchev–Trinajstić information content (AvgIpc) is 2.83. The lowest BCUT2D eigenvalue weighted by molar-refractivity contribution is 0.161. The van der Waals surface area contributed by atoms with Crippen molar-refractivity contribution in [1.29, 1.82) is 0 Å². The van der Waals surface area contributed by atoms with Gasteiger partial charge in [0, 0.05) is 6.04 Å². The highest BCUT2D eigenvalue weighted by molar-refractivity contribution is 5.28. The van der Waals surface area contributed by atoms with Crippen LogP contribution in [0.3, 0.4) is 0 Å². The molecule has 1 aliphatic carbocycles. The number of nitrogens with one attached hydrogen (secondary N) is 1. The zero-order chi connectivity index (χ0) is 14.8. The number of hydrogen-bond donors (Lipinski definition) is 1. The number of hydrogen-bond acceptors (Lipinski definition) is 1. The number of aryl methyl sites for hydroxylation is 1. The highest BCUT2D eigenvalue weighted by Crippen LogP contribution is 2.51. The van der Waals surface area contributed by atoms with Gasteiger partial charge >= 0.3 is 0 Å². The molecule has 0 radical (unpaired) electrons. The molecule has 0 saturated heterocycles. The Bertz CT molecular complexity index is 447. The van der Waals surface area contributed by atoms with Crippen LogP contribution in [-0.4, -0.2) is 7.05 Å². The van der Waals surface area contributed by atoms with E-state index in [2.05, 4.69) is 19.2 Å². The lowest BCUT2D eigenvalue weighted by Gasteiger charge is -2.39. The Hall–Kier alpha value is -0.890. The summed E-state index contributed by atoms with van der Waals surface area (Å²) in [4.78, 5) is 0. The van der Waals surface area contributed by atoms with Crippen LogP contribution in [0.4, 0.5) is 4.39 Å². The molecule has 1 nitrogen and oxygen atoms in total. The van der Waals surface area contributed by atoms with Gasteiger partial charge in [-0.15, -0.1) is 0 Å². The Kier molecular flexibility index (Phi) is 4.85. The molecule has 1 atom stereocenters. The van der Waals surface area contributed by atoms with E-state index < -0.39 is 0 Å². The van der Waals surface area contributed by atoms with E-state index in [1.807, 2.05) is 26.1 Å². The summed E-state index contributed by atoms with van der Waals surface area (Å²) in [5, 5.41) is 3.53. The van der Waals surface area contributed by atoms with E-state index >= 15 is 0 Å². The molecule has 0 amide bonds. The lowest BCUT2D eigenvalue weighted by atomic mass is 9.70. The summed E-state index contributed by atoms with van der Waals surface area (Å²) in [5.41, 5.74) is 2.34. The standard InChI is InChI=1S/C18H28FN/c1-13(2)12-18(9-5-6-10-18)17(20-4)15-7-8-16(19)14(3)11-15/h7-8,11,13,17,20H,5-6,9-10,12H2,1-4H3. The molecule has 2 rings (SSSR count). The van der Waals surface area contributed by atoms with Crippen LogP contribution in [-0.2, 0) is 0 Å². The van der Waals surface area contributed by atoms with Gasteiger partial charge in [-0.05, 0) is 61.8 Å². The lowest BCUT2D eigenvalue weighted by Crippen LogP contribution is -2.36. The SMILES string of the molecule is CNC(c1ccc(F)c(C)c1)C1(CC(C)C)CCCC1. The molecule has 0 aliphatic heterocycles. The quantitative estimate of drug-likeness (QED) is 0.798. The molecule has 0 aromatic heterocycles. The summed E-state index contributed by atoms with van der Waals surface area (Å²) in [5.74, 6) is 0.596. The molecule has 1 saturated carbocycles. The van der Waals surface area contributed by atoms with Crippen molar-refractivity contribution in [2.24, 2.45) is 11.3 Å². The molecule has 1 unspecified atom stereocenters. The van der Waals surface area contributed by atoms with Gasteiger partial charge in [0.15, 0.2) is 0 Å². The van der Waals surface area contributed by atoms with Gasteiger partial charge in [0.1, 0.15) is 5.82 Å². The minimum absolute atomic E-state index is 0.104. The van der Waals surface area contributed by atoms with E-state index in [-0.39, 0.29) is 5.82 Å². The van der Waals surface area contributed by atoms with Crippen LogP contribution >= 0.6 is 0 Å². The Morgan fingerprint density at radius 1 is 1.25 bits per heavy atom. The van der Waals surface area contributed by atoms with Gasteiger partial charge in [-0.3, -0.25) is 0 Å². The zero-order valence-corrected chi connectivity index (χ0v) is 13.3. The van der Waals surface area contributed by atoms with Crippen molar-refractivity contribution in [3.05, 3.63) is 35.1 Å². The molecule has 0 spiro atoms. The zero-order valence-electron chi connectivity index (χ0n) is 13.3. The van der Waals surface area contributed by atoms with Crippen molar-refractivity contribution in [3.8, 4) is 0 Å². The summed E-state index contributed by atoms with van der Waals surface area (Å²) >= 11 is 0. The number of rotatable bonds is 5. The molecule has 1 N–H and O–H groups in total. The molecule has 1 aliphatic rings. The van der Waals surface area contributed by atoms with Crippen LogP contribution in [0, 0.1) is 24.1 Å². The fourth-order valence-corrected chi connectivity index (χ4v) is 4.18. The Labute approximate surface area is 123 Å². The Morgan fingerprint density at radius 2 is 1.90 bits per heavy atom. The molecule has 20 heavy (non-hydrogen) atoms. The predicted octanol–water partition coefficient (Wildman–Crippen LogP) is 5.00. The van der Waals surface area contributed by atoms with E-state index in [0.29, 0.717) is 17.4 Å². The molecule has 0 bridgehead atoms. The fraction of sp³-hybridized carbons (Fsp3) is 0.667. The topological polar surface area (TPSA) is 12.0 Å². The van der Waals surface area contributed by atoms with Crippen LogP contribution < -0.4 is 5.32 Å². The third-order valence-corrected chi connectivity index (χ3v) is 4.83. The highest BCUT2D eigenvalue weighted by atomic mass is 19.1. The van der Waals surface area contributed by atoms with Crippen molar-refractivity contribution in [3.63, 3.8) is 0 Å². The second-order valence-electron chi connectivity index (χ2n) is 6.90. The maximum Gasteiger partial charge on any atom is 0.126 e. The predicted molar refractivity (Wildman–Crippen MR) is 83.3 cm³/mol. The summed E-state index contributed by atoms with van der Waals surface area (Å²) in [6.45, 7) is 6.47. The minimum Gasteiger partial charge on any atom is -0.313 e. The molecule has 2 heteroatoms. The van der Waals surface area contributed by atoms with E-state index in [1.165, 1.54) is 37.7 Å². The summed E-state index contributed by atoms with van der Waals surface area (Å²) < 4.78 is 13.5. The third-order valence-electron chi connectivity index (χ3n) is 4.83. The molecule has 112 valence electrons. The van der Waals surface area contributed by atoms with Crippen molar-refractivity contribution in [2.45, 2.75) is 58.9 Å². The molecule has 1 aromatic carbocycles. The summed E-state index contributed by atoms with van der Waals surface area (Å²) in [6.07, 6.45) is 6.46. The third kappa shape index (κ3) is 3.06. The van der Waals surface area contributed by atoms with Crippen LogP contribution in [0.15, 0.2) is 18.2 Å². The van der Waals surface area contributed by atoms with Crippen molar-refractivity contribution in [1.82, 2.24) is 5.32 Å². The number of benzene rings is 1. The molecule has 0 heterocycles. The van der Waals surface area contributed by atoms with E-state index in [4.69, 9.17) is 0 Å². The second-order valence-corrected chi connectivity index (χ2v) is 6.90.